The number of hydrogen-bond acceptors (Lipinski definition) is 17. The highest BCUT2D eigenvalue weighted by molar-refractivity contribution is 7.66. The highest BCUT2D eigenvalue weighted by Crippen LogP contribution is 2.66. The molecule has 5 unspecified atom stereocenters. The number of nitrogen functional groups attached to an aromatic ring is 1. The maximum absolute atomic E-state index is 12.7. The first-order valence-corrected chi connectivity index (χ1v) is 20.9. The van der Waals surface area contributed by atoms with Gasteiger partial charge in [0.1, 0.15) is 37.1 Å². The van der Waals surface area contributed by atoms with Crippen molar-refractivity contribution in [2.45, 2.75) is 38.0 Å². The molecule has 2 heterocycles. The minimum absolute atomic E-state index is 0.0290. The molecule has 9 N–H and O–H groups in total. The molecule has 26 nitrogen and oxygen atoms in total. The molecule has 1 fully saturated rings. The van der Waals surface area contributed by atoms with Crippen LogP contribution in [0.3, 0.4) is 0 Å². The fraction of sp³-hybridized carbons (Fsp3) is 0.448. The van der Waals surface area contributed by atoms with E-state index in [0.29, 0.717) is 18.7 Å². The number of aromatic nitrogens is 2. The molecule has 0 spiro atoms. The summed E-state index contributed by atoms with van der Waals surface area (Å²) in [4.78, 5) is 80.4. The molecule has 0 aliphatic carbocycles. The molecule has 1 saturated heterocycles. The predicted octanol–water partition coefficient (Wildman–Crippen LogP) is 0.524. The quantitative estimate of drug-likeness (QED) is 0.0200. The summed E-state index contributed by atoms with van der Waals surface area (Å²) in [6, 6.07) is 6.23. The molecule has 0 saturated carbocycles. The zero-order valence-electron chi connectivity index (χ0n) is 30.6. The van der Waals surface area contributed by atoms with Gasteiger partial charge >= 0.3 is 29.2 Å². The second kappa shape index (κ2) is 21.9. The number of carbonyl (C=O) groups excluding carboxylic acids is 2. The van der Waals surface area contributed by atoms with Crippen molar-refractivity contribution in [2.75, 3.05) is 52.3 Å². The van der Waals surface area contributed by atoms with Gasteiger partial charge in [-0.15, -0.1) is 0 Å². The zero-order chi connectivity index (χ0) is 43.1. The number of phosphoric ester groups is 1. The molecule has 6 atom stereocenters. The number of azide groups is 1. The number of phosphoric acid groups is 3. The summed E-state index contributed by atoms with van der Waals surface area (Å²) >= 11 is 0. The number of ether oxygens (including phenoxy) is 4. The van der Waals surface area contributed by atoms with Crippen molar-refractivity contribution in [2.24, 2.45) is 5.11 Å². The van der Waals surface area contributed by atoms with E-state index in [1.54, 1.807) is 25.1 Å². The Morgan fingerprint density at radius 2 is 1.90 bits per heavy atom. The fourth-order valence-electron chi connectivity index (χ4n) is 4.65. The van der Waals surface area contributed by atoms with Crippen LogP contribution in [0, 0.1) is 11.8 Å². The molecule has 1 aliphatic heterocycles. The van der Waals surface area contributed by atoms with Crippen LogP contribution in [0.15, 0.2) is 52.6 Å². The SMILES string of the molecule is C=C(C)NCCNC(=O)c1cccc(OCC(N=[N+]=[N-])OCC(=O)NCC#Cc2cn(C3CC(OC)[C@H](COP(=O)(O)OP(=O)(O)OP(=O)(O)O)O3)c(=O)nc2N)c1. The third-order valence-electron chi connectivity index (χ3n) is 7.10. The molecule has 318 valence electrons. The van der Waals surface area contributed by atoms with E-state index in [1.165, 1.54) is 19.4 Å². The smallest absolute Gasteiger partial charge is 0.490 e. The number of benzene rings is 1. The van der Waals surface area contributed by atoms with Gasteiger partial charge in [-0.3, -0.25) is 18.7 Å². The van der Waals surface area contributed by atoms with Gasteiger partial charge < -0.3 is 60.2 Å². The second-order valence-electron chi connectivity index (χ2n) is 11.6. The Bertz CT molecular complexity index is 2120. The van der Waals surface area contributed by atoms with Gasteiger partial charge in [0.15, 0.2) is 6.23 Å². The molecule has 0 radical (unpaired) electrons. The van der Waals surface area contributed by atoms with Gasteiger partial charge in [-0.2, -0.15) is 13.6 Å². The molecule has 1 aliphatic rings. The van der Waals surface area contributed by atoms with Gasteiger partial charge in [-0.25, -0.2) is 18.5 Å². The summed E-state index contributed by atoms with van der Waals surface area (Å²) in [6.07, 6.45) is -3.32. The van der Waals surface area contributed by atoms with E-state index in [-0.39, 0.29) is 42.6 Å². The molecular weight excluding hydrogens is 839 g/mol. The standard InChI is InChI=1S/C29H40N9O17P3/c1-18(2)32-10-11-34-28(40)19-6-4-8-21(12-19)50-17-25(36-37-31)51-16-24(39)33-9-5-7-20-14-38(29(41)35-27(20)30)26-13-22(49-3)23(53-26)15-52-57(45,46)55-58(47,48)54-56(42,43)44/h4,6,8,12,14,22-23,25-26,32H,1,9-11,13,15-17H2,2-3H3,(H,33,39)(H,34,40)(H,45,46)(H,47,48)(H2,30,35,41)(H2,42,43,44)/t22?,23-,25?,26?/m0/s1. The summed E-state index contributed by atoms with van der Waals surface area (Å²) in [5, 5.41) is 11.7. The van der Waals surface area contributed by atoms with E-state index in [1.807, 2.05) is 0 Å². The number of amides is 2. The van der Waals surface area contributed by atoms with Gasteiger partial charge in [-0.1, -0.05) is 29.6 Å². The van der Waals surface area contributed by atoms with Crippen molar-refractivity contribution in [3.05, 3.63) is 74.8 Å². The average Bonchev–Trinajstić information content (AvgIpc) is 3.54. The first-order valence-electron chi connectivity index (χ1n) is 16.4. The van der Waals surface area contributed by atoms with Crippen molar-refractivity contribution in [1.82, 2.24) is 25.5 Å². The monoisotopic (exact) mass is 879 g/mol. The summed E-state index contributed by atoms with van der Waals surface area (Å²) in [5.74, 6) is 4.27. The molecule has 58 heavy (non-hydrogen) atoms. The van der Waals surface area contributed by atoms with E-state index in [9.17, 15) is 37.9 Å². The lowest BCUT2D eigenvalue weighted by Gasteiger charge is -2.20. The van der Waals surface area contributed by atoms with Gasteiger partial charge in [0.25, 0.3) is 5.91 Å². The Morgan fingerprint density at radius 3 is 2.57 bits per heavy atom. The Hall–Kier alpha value is -4.66. The van der Waals surface area contributed by atoms with Crippen molar-refractivity contribution in [3.8, 4) is 17.6 Å². The fourth-order valence-corrected chi connectivity index (χ4v) is 7.68. The van der Waals surface area contributed by atoms with Gasteiger partial charge in [0.05, 0.1) is 24.8 Å². The Balaban J connectivity index is 1.53. The minimum atomic E-state index is -5.76. The van der Waals surface area contributed by atoms with Crippen molar-refractivity contribution in [1.29, 1.82) is 0 Å². The van der Waals surface area contributed by atoms with Crippen molar-refractivity contribution in [3.63, 3.8) is 0 Å². The van der Waals surface area contributed by atoms with Crippen LogP contribution in [-0.4, -0.2) is 106 Å². The van der Waals surface area contributed by atoms with Crippen LogP contribution >= 0.6 is 23.5 Å². The summed E-state index contributed by atoms with van der Waals surface area (Å²) in [7, 11) is -15.6. The van der Waals surface area contributed by atoms with Crippen molar-refractivity contribution >= 4 is 41.1 Å². The summed E-state index contributed by atoms with van der Waals surface area (Å²) in [6.45, 7) is 4.42. The highest BCUT2D eigenvalue weighted by Gasteiger charge is 2.43. The molecule has 29 heteroatoms. The largest absolute Gasteiger partial charge is 0.491 e. The summed E-state index contributed by atoms with van der Waals surface area (Å²) < 4.78 is 69.5. The second-order valence-corrected chi connectivity index (χ2v) is 16.0. The predicted molar refractivity (Wildman–Crippen MR) is 198 cm³/mol. The third-order valence-corrected chi connectivity index (χ3v) is 10.9. The number of nitrogens with two attached hydrogens (primary N) is 1. The molecule has 1 aromatic heterocycles. The highest BCUT2D eigenvalue weighted by atomic mass is 31.3. The minimum Gasteiger partial charge on any atom is -0.491 e. The van der Waals surface area contributed by atoms with Crippen LogP contribution in [-0.2, 0) is 45.8 Å². The van der Waals surface area contributed by atoms with Crippen molar-refractivity contribution < 1.29 is 75.0 Å². The van der Waals surface area contributed by atoms with Crippen LogP contribution in [0.2, 0.25) is 0 Å². The molecule has 1 aromatic carbocycles. The van der Waals surface area contributed by atoms with Crippen LogP contribution in [0.4, 0.5) is 5.82 Å². The summed E-state index contributed by atoms with van der Waals surface area (Å²) in [5.41, 5.74) is 15.0. The molecule has 2 amide bonds. The van der Waals surface area contributed by atoms with Gasteiger partial charge in [-0.05, 0) is 30.7 Å². The molecule has 3 rings (SSSR count). The van der Waals surface area contributed by atoms with Crippen LogP contribution in [0.25, 0.3) is 10.4 Å². The van der Waals surface area contributed by atoms with Gasteiger partial charge in [0, 0.05) is 49.0 Å². The number of allylic oxidation sites excluding steroid dienone is 1. The third kappa shape index (κ3) is 16.7. The van der Waals surface area contributed by atoms with E-state index < -0.39 is 72.9 Å². The first kappa shape index (κ1) is 47.7. The lowest BCUT2D eigenvalue weighted by Crippen LogP contribution is -2.31. The number of carbonyl (C=O) groups is 2. The Kier molecular flexibility index (Phi) is 18.0. The molecule has 2 aromatic rings. The number of nitrogens with one attached hydrogen (secondary N) is 3. The lowest BCUT2D eigenvalue weighted by molar-refractivity contribution is -0.127. The maximum atomic E-state index is 12.7. The number of nitrogens with zero attached hydrogens (tertiary/aromatic N) is 5. The van der Waals surface area contributed by atoms with E-state index in [4.69, 9.17) is 40.0 Å². The van der Waals surface area contributed by atoms with E-state index in [0.717, 1.165) is 10.3 Å². The maximum Gasteiger partial charge on any atom is 0.490 e. The molecular formula is C29H40N9O17P3. The van der Waals surface area contributed by atoms with Crippen LogP contribution in [0.5, 0.6) is 5.75 Å². The average molecular weight is 880 g/mol. The molecule has 0 bridgehead atoms. The van der Waals surface area contributed by atoms with Crippen LogP contribution < -0.4 is 32.1 Å². The number of hydrogen-bond donors (Lipinski definition) is 8. The number of methoxy groups -OCH3 is 1. The topological polar surface area (TPSA) is 377 Å². The normalized spacial score (nSPS) is 18.9. The number of rotatable bonds is 22. The number of anilines is 1. The Morgan fingerprint density at radius 1 is 1.17 bits per heavy atom. The van der Waals surface area contributed by atoms with E-state index >= 15 is 0 Å². The zero-order valence-corrected chi connectivity index (χ0v) is 33.3. The first-order chi connectivity index (χ1) is 27.2. The Labute approximate surface area is 329 Å². The van der Waals surface area contributed by atoms with Gasteiger partial charge in [0.2, 0.25) is 5.91 Å². The lowest BCUT2D eigenvalue weighted by atomic mass is 10.2. The van der Waals surface area contributed by atoms with Crippen LogP contribution in [0.1, 0.15) is 35.5 Å². The van der Waals surface area contributed by atoms with E-state index in [2.05, 4.69) is 62.5 Å².